The lowest BCUT2D eigenvalue weighted by Crippen LogP contribution is -2.38. The van der Waals surface area contributed by atoms with Crippen molar-refractivity contribution >= 4 is 11.9 Å². The van der Waals surface area contributed by atoms with Crippen molar-refractivity contribution in [3.8, 4) is 0 Å². The number of nitrogens with two attached hydrogens (primary N) is 1. The standard InChI is InChI=1S/C8H17N3O3.C4H4O4/c9-4-1-5-10-6-2-8(3-7-10)14-11(12)13;5-3(6)1-2-4(7)8/h8H,1-7,9H2;1-2H,(H,5,6)(H,7,8). The highest BCUT2D eigenvalue weighted by atomic mass is 17.0. The van der Waals surface area contributed by atoms with E-state index >= 15 is 0 Å². The van der Waals surface area contributed by atoms with Crippen molar-refractivity contribution in [3.63, 3.8) is 0 Å². The number of carboxylic acid groups (broad SMARTS) is 2. The fraction of sp³-hybridized carbons (Fsp3) is 0.667. The van der Waals surface area contributed by atoms with Crippen LogP contribution in [0.25, 0.3) is 0 Å². The van der Waals surface area contributed by atoms with Crippen molar-refractivity contribution in [1.82, 2.24) is 4.90 Å². The minimum Gasteiger partial charge on any atom is -0.478 e. The molecule has 126 valence electrons. The second-order valence-electron chi connectivity index (χ2n) is 4.52. The first-order chi connectivity index (χ1) is 10.3. The number of rotatable bonds is 7. The van der Waals surface area contributed by atoms with Gasteiger partial charge >= 0.3 is 11.9 Å². The summed E-state index contributed by atoms with van der Waals surface area (Å²) in [4.78, 5) is 36.0. The molecule has 22 heavy (non-hydrogen) atoms. The summed E-state index contributed by atoms with van der Waals surface area (Å²) in [6.07, 6.45) is 3.38. The zero-order valence-corrected chi connectivity index (χ0v) is 12.1. The highest BCUT2D eigenvalue weighted by molar-refractivity contribution is 5.89. The Balaban J connectivity index is 0.000000472. The molecule has 10 heteroatoms. The maximum absolute atomic E-state index is 10.1. The number of carboxylic acids is 2. The third-order valence-electron chi connectivity index (χ3n) is 2.82. The van der Waals surface area contributed by atoms with Crippen molar-refractivity contribution in [2.75, 3.05) is 26.2 Å². The lowest BCUT2D eigenvalue weighted by Gasteiger charge is -2.30. The highest BCUT2D eigenvalue weighted by Gasteiger charge is 2.21. The molecule has 1 aliphatic rings. The van der Waals surface area contributed by atoms with Gasteiger partial charge in [-0.15, -0.1) is 10.1 Å². The van der Waals surface area contributed by atoms with E-state index in [0.717, 1.165) is 38.9 Å². The summed E-state index contributed by atoms with van der Waals surface area (Å²) >= 11 is 0. The number of aliphatic carboxylic acids is 2. The molecule has 0 atom stereocenters. The lowest BCUT2D eigenvalue weighted by atomic mass is 10.1. The van der Waals surface area contributed by atoms with E-state index in [0.29, 0.717) is 18.7 Å². The van der Waals surface area contributed by atoms with E-state index < -0.39 is 17.0 Å². The Bertz CT molecular complexity index is 376. The highest BCUT2D eigenvalue weighted by Crippen LogP contribution is 2.13. The topological polar surface area (TPSA) is 156 Å². The van der Waals surface area contributed by atoms with Crippen LogP contribution in [-0.4, -0.2) is 64.4 Å². The summed E-state index contributed by atoms with van der Waals surface area (Å²) in [5.74, 6) is -2.51. The summed E-state index contributed by atoms with van der Waals surface area (Å²) < 4.78 is 0. The van der Waals surface area contributed by atoms with Crippen LogP contribution in [0.4, 0.5) is 0 Å². The molecule has 1 rings (SSSR count). The van der Waals surface area contributed by atoms with Gasteiger partial charge in [-0.3, -0.25) is 0 Å². The SMILES string of the molecule is NCCCN1CCC(O[N+](=O)[O-])CC1.O=C(O)C=CC(=O)O. The average molecular weight is 319 g/mol. The van der Waals surface area contributed by atoms with E-state index in [1.807, 2.05) is 0 Å². The Hall–Kier alpha value is -2.20. The Labute approximate surface area is 127 Å². The largest absolute Gasteiger partial charge is 0.478 e. The van der Waals surface area contributed by atoms with Gasteiger partial charge in [-0.25, -0.2) is 9.59 Å². The smallest absolute Gasteiger partial charge is 0.328 e. The van der Waals surface area contributed by atoms with Crippen molar-refractivity contribution in [2.45, 2.75) is 25.4 Å². The minimum absolute atomic E-state index is 0.209. The number of nitrogens with zero attached hydrogens (tertiary/aromatic N) is 2. The molecule has 0 unspecified atom stereocenters. The minimum atomic E-state index is -1.26. The zero-order valence-electron chi connectivity index (χ0n) is 12.1. The van der Waals surface area contributed by atoms with E-state index in [-0.39, 0.29) is 6.10 Å². The molecule has 0 saturated carbocycles. The first-order valence-corrected chi connectivity index (χ1v) is 6.72. The van der Waals surface area contributed by atoms with Gasteiger partial charge in [-0.1, -0.05) is 0 Å². The maximum Gasteiger partial charge on any atom is 0.328 e. The Morgan fingerprint density at radius 1 is 1.27 bits per heavy atom. The predicted octanol–water partition coefficient (Wildman–Crippen LogP) is -0.280. The molecule has 1 heterocycles. The fourth-order valence-corrected chi connectivity index (χ4v) is 1.82. The number of piperidine rings is 1. The summed E-state index contributed by atoms with van der Waals surface area (Å²) in [5.41, 5.74) is 5.40. The number of hydrogen-bond donors (Lipinski definition) is 3. The van der Waals surface area contributed by atoms with Gasteiger partial charge in [-0.05, 0) is 32.4 Å². The quantitative estimate of drug-likeness (QED) is 0.326. The predicted molar refractivity (Wildman–Crippen MR) is 75.6 cm³/mol. The van der Waals surface area contributed by atoms with Crippen LogP contribution >= 0.6 is 0 Å². The first-order valence-electron chi connectivity index (χ1n) is 6.72. The summed E-state index contributed by atoms with van der Waals surface area (Å²) in [6, 6.07) is 0. The van der Waals surface area contributed by atoms with E-state index in [9.17, 15) is 19.7 Å². The first kappa shape index (κ1) is 19.8. The van der Waals surface area contributed by atoms with Crippen LogP contribution in [0.1, 0.15) is 19.3 Å². The van der Waals surface area contributed by atoms with Gasteiger partial charge in [0, 0.05) is 25.2 Å². The molecule has 0 aromatic carbocycles. The third-order valence-corrected chi connectivity index (χ3v) is 2.82. The average Bonchev–Trinajstić information content (AvgIpc) is 2.44. The fourth-order valence-electron chi connectivity index (χ4n) is 1.82. The monoisotopic (exact) mass is 319 g/mol. The molecule has 0 radical (unpaired) electrons. The molecule has 0 aromatic heterocycles. The molecule has 0 aliphatic carbocycles. The van der Waals surface area contributed by atoms with Gasteiger partial charge in [0.05, 0.1) is 0 Å². The van der Waals surface area contributed by atoms with Gasteiger partial charge in [-0.2, -0.15) is 0 Å². The van der Waals surface area contributed by atoms with Gasteiger partial charge < -0.3 is 25.7 Å². The van der Waals surface area contributed by atoms with Gasteiger partial charge in [0.2, 0.25) is 0 Å². The zero-order chi connectivity index (χ0) is 17.0. The van der Waals surface area contributed by atoms with Gasteiger partial charge in [0.15, 0.2) is 0 Å². The molecule has 0 spiro atoms. The van der Waals surface area contributed by atoms with Crippen LogP contribution in [0.3, 0.4) is 0 Å². The molecule has 1 saturated heterocycles. The summed E-state index contributed by atoms with van der Waals surface area (Å²) in [6.45, 7) is 3.43. The third kappa shape index (κ3) is 11.6. The van der Waals surface area contributed by atoms with Crippen molar-refractivity contribution < 1.29 is 29.7 Å². The van der Waals surface area contributed by atoms with Crippen molar-refractivity contribution in [3.05, 3.63) is 22.3 Å². The molecular formula is C12H21N3O7. The molecular weight excluding hydrogens is 298 g/mol. The molecule has 1 aliphatic heterocycles. The van der Waals surface area contributed by atoms with Gasteiger partial charge in [0.1, 0.15) is 6.10 Å². The van der Waals surface area contributed by atoms with E-state index in [1.165, 1.54) is 0 Å². The van der Waals surface area contributed by atoms with Crippen LogP contribution in [0.5, 0.6) is 0 Å². The molecule has 10 nitrogen and oxygen atoms in total. The van der Waals surface area contributed by atoms with Gasteiger partial charge in [0.25, 0.3) is 5.09 Å². The second kappa shape index (κ2) is 11.5. The normalized spacial score (nSPS) is 15.9. The lowest BCUT2D eigenvalue weighted by molar-refractivity contribution is -0.769. The summed E-state index contributed by atoms with van der Waals surface area (Å²) in [5, 5.41) is 25.0. The van der Waals surface area contributed by atoms with Crippen LogP contribution in [0.15, 0.2) is 12.2 Å². The van der Waals surface area contributed by atoms with E-state index in [4.69, 9.17) is 15.9 Å². The van der Waals surface area contributed by atoms with Crippen LogP contribution in [0, 0.1) is 10.1 Å². The molecule has 4 N–H and O–H groups in total. The van der Waals surface area contributed by atoms with E-state index in [2.05, 4.69) is 9.74 Å². The van der Waals surface area contributed by atoms with Crippen molar-refractivity contribution in [1.29, 1.82) is 0 Å². The number of carbonyl (C=O) groups is 2. The molecule has 1 fully saturated rings. The maximum atomic E-state index is 10.1. The Kier molecular flexibility index (Phi) is 10.3. The van der Waals surface area contributed by atoms with Crippen LogP contribution in [0.2, 0.25) is 0 Å². The second-order valence-corrected chi connectivity index (χ2v) is 4.52. The van der Waals surface area contributed by atoms with Crippen molar-refractivity contribution in [2.24, 2.45) is 5.73 Å². The molecule has 0 aromatic rings. The Morgan fingerprint density at radius 3 is 2.14 bits per heavy atom. The number of hydrogen-bond acceptors (Lipinski definition) is 7. The van der Waals surface area contributed by atoms with Crippen LogP contribution in [-0.2, 0) is 14.4 Å². The summed E-state index contributed by atoms with van der Waals surface area (Å²) in [7, 11) is 0. The van der Waals surface area contributed by atoms with E-state index in [1.54, 1.807) is 0 Å². The van der Waals surface area contributed by atoms with Crippen LogP contribution < -0.4 is 5.73 Å². The molecule has 0 bridgehead atoms. The number of likely N-dealkylation sites (tertiary alicyclic amines) is 1. The Morgan fingerprint density at radius 2 is 1.77 bits per heavy atom. The molecule has 0 amide bonds.